The summed E-state index contributed by atoms with van der Waals surface area (Å²) in [6.45, 7) is 5.40. The van der Waals surface area contributed by atoms with Gasteiger partial charge in [0, 0.05) is 45.0 Å². The molecule has 2 fully saturated rings. The van der Waals surface area contributed by atoms with Gasteiger partial charge < -0.3 is 14.7 Å². The third-order valence-corrected chi connectivity index (χ3v) is 4.99. The molecule has 1 amide bonds. The van der Waals surface area contributed by atoms with Gasteiger partial charge in [-0.15, -0.1) is 10.2 Å². The lowest BCUT2D eigenvalue weighted by Gasteiger charge is -2.36. The molecule has 6 nitrogen and oxygen atoms in total. The first-order valence-corrected chi connectivity index (χ1v) is 8.99. The zero-order valence-electron chi connectivity index (χ0n) is 14.3. The molecule has 4 rings (SSSR count). The molecule has 2 aromatic rings. The summed E-state index contributed by atoms with van der Waals surface area (Å²) in [6, 6.07) is 14.2. The van der Waals surface area contributed by atoms with Crippen molar-refractivity contribution >= 4 is 17.4 Å². The topological polar surface area (TPSA) is 52.6 Å². The standard InChI is InChI=1S/C19H23N5O/c25-19(24-10-4-5-11-24)17-8-9-18(21-20-17)23-14-12-22(13-15-23)16-6-2-1-3-7-16/h1-3,6-9H,4-5,10-15H2. The van der Waals surface area contributed by atoms with Crippen LogP contribution in [0.1, 0.15) is 23.3 Å². The van der Waals surface area contributed by atoms with Gasteiger partial charge in [0.25, 0.3) is 5.91 Å². The van der Waals surface area contributed by atoms with E-state index in [0.29, 0.717) is 5.69 Å². The number of para-hydroxylation sites is 1. The molecule has 0 saturated carbocycles. The summed E-state index contributed by atoms with van der Waals surface area (Å²) in [4.78, 5) is 18.8. The highest BCUT2D eigenvalue weighted by Gasteiger charge is 2.22. The van der Waals surface area contributed by atoms with Crippen LogP contribution in [0.25, 0.3) is 0 Å². The monoisotopic (exact) mass is 337 g/mol. The maximum Gasteiger partial charge on any atom is 0.274 e. The molecule has 2 saturated heterocycles. The second-order valence-corrected chi connectivity index (χ2v) is 6.59. The van der Waals surface area contributed by atoms with Crippen LogP contribution < -0.4 is 9.80 Å². The van der Waals surface area contributed by atoms with Crippen molar-refractivity contribution in [2.24, 2.45) is 0 Å². The van der Waals surface area contributed by atoms with Crippen LogP contribution in [-0.2, 0) is 0 Å². The number of nitrogens with zero attached hydrogens (tertiary/aromatic N) is 5. The molecule has 1 aromatic carbocycles. The van der Waals surface area contributed by atoms with Crippen molar-refractivity contribution < 1.29 is 4.79 Å². The molecule has 2 aliphatic rings. The van der Waals surface area contributed by atoms with Gasteiger partial charge in [-0.05, 0) is 37.1 Å². The minimum Gasteiger partial charge on any atom is -0.368 e. The average molecular weight is 337 g/mol. The SMILES string of the molecule is O=C(c1ccc(N2CCN(c3ccccc3)CC2)nn1)N1CCCC1. The lowest BCUT2D eigenvalue weighted by atomic mass is 10.2. The Morgan fingerprint density at radius 1 is 0.760 bits per heavy atom. The fraction of sp³-hybridized carbons (Fsp3) is 0.421. The van der Waals surface area contributed by atoms with E-state index >= 15 is 0 Å². The van der Waals surface area contributed by atoms with Crippen LogP contribution in [0.4, 0.5) is 11.5 Å². The van der Waals surface area contributed by atoms with Gasteiger partial charge in [-0.25, -0.2) is 0 Å². The molecular weight excluding hydrogens is 314 g/mol. The van der Waals surface area contributed by atoms with Crippen molar-refractivity contribution in [3.05, 3.63) is 48.2 Å². The smallest absolute Gasteiger partial charge is 0.274 e. The molecule has 0 aliphatic carbocycles. The normalized spacial score (nSPS) is 17.8. The third-order valence-electron chi connectivity index (χ3n) is 4.99. The van der Waals surface area contributed by atoms with E-state index in [2.05, 4.69) is 44.3 Å². The van der Waals surface area contributed by atoms with Crippen LogP contribution in [0.15, 0.2) is 42.5 Å². The van der Waals surface area contributed by atoms with Gasteiger partial charge >= 0.3 is 0 Å². The predicted octanol–water partition coefficient (Wildman–Crippen LogP) is 2.04. The van der Waals surface area contributed by atoms with E-state index in [1.54, 1.807) is 0 Å². The van der Waals surface area contributed by atoms with E-state index < -0.39 is 0 Å². The Hall–Kier alpha value is -2.63. The summed E-state index contributed by atoms with van der Waals surface area (Å²) in [7, 11) is 0. The predicted molar refractivity (Wildman–Crippen MR) is 98.0 cm³/mol. The van der Waals surface area contributed by atoms with Crippen LogP contribution in [0.3, 0.4) is 0 Å². The molecule has 130 valence electrons. The number of carbonyl (C=O) groups excluding carboxylic acids is 1. The van der Waals surface area contributed by atoms with Crippen LogP contribution in [-0.4, -0.2) is 60.3 Å². The fourth-order valence-electron chi connectivity index (χ4n) is 3.52. The zero-order chi connectivity index (χ0) is 17.1. The molecule has 1 aromatic heterocycles. The molecule has 0 atom stereocenters. The number of benzene rings is 1. The lowest BCUT2D eigenvalue weighted by Crippen LogP contribution is -2.46. The highest BCUT2D eigenvalue weighted by Crippen LogP contribution is 2.19. The summed E-state index contributed by atoms with van der Waals surface area (Å²) < 4.78 is 0. The molecule has 2 aliphatic heterocycles. The Kier molecular flexibility index (Phi) is 4.50. The van der Waals surface area contributed by atoms with Gasteiger partial charge in [0.2, 0.25) is 0 Å². The zero-order valence-corrected chi connectivity index (χ0v) is 14.3. The van der Waals surface area contributed by atoms with Crippen molar-refractivity contribution in [2.75, 3.05) is 49.1 Å². The summed E-state index contributed by atoms with van der Waals surface area (Å²) in [6.07, 6.45) is 2.17. The maximum absolute atomic E-state index is 12.3. The van der Waals surface area contributed by atoms with Gasteiger partial charge in [0.1, 0.15) is 0 Å². The third kappa shape index (κ3) is 3.43. The molecule has 0 N–H and O–H groups in total. The van der Waals surface area contributed by atoms with E-state index in [1.165, 1.54) is 5.69 Å². The lowest BCUT2D eigenvalue weighted by molar-refractivity contribution is 0.0786. The highest BCUT2D eigenvalue weighted by molar-refractivity contribution is 5.92. The fourth-order valence-corrected chi connectivity index (χ4v) is 3.52. The van der Waals surface area contributed by atoms with E-state index in [-0.39, 0.29) is 5.91 Å². The van der Waals surface area contributed by atoms with Crippen molar-refractivity contribution in [2.45, 2.75) is 12.8 Å². The average Bonchev–Trinajstić information content (AvgIpc) is 3.23. The van der Waals surface area contributed by atoms with E-state index in [1.807, 2.05) is 23.1 Å². The summed E-state index contributed by atoms with van der Waals surface area (Å²) in [5.74, 6) is 0.858. The van der Waals surface area contributed by atoms with Crippen LogP contribution in [0.5, 0.6) is 0 Å². The Morgan fingerprint density at radius 2 is 1.44 bits per heavy atom. The Morgan fingerprint density at radius 3 is 2.08 bits per heavy atom. The van der Waals surface area contributed by atoms with Gasteiger partial charge in [0.05, 0.1) is 0 Å². The number of amides is 1. The Balaban J connectivity index is 1.37. The molecular formula is C19H23N5O. The second kappa shape index (κ2) is 7.09. The maximum atomic E-state index is 12.3. The first kappa shape index (κ1) is 15.9. The van der Waals surface area contributed by atoms with Gasteiger partial charge in [-0.1, -0.05) is 18.2 Å². The largest absolute Gasteiger partial charge is 0.368 e. The van der Waals surface area contributed by atoms with E-state index in [4.69, 9.17) is 0 Å². The van der Waals surface area contributed by atoms with Crippen LogP contribution in [0.2, 0.25) is 0 Å². The first-order chi connectivity index (χ1) is 12.3. The number of hydrogen-bond donors (Lipinski definition) is 0. The van der Waals surface area contributed by atoms with Crippen molar-refractivity contribution in [3.63, 3.8) is 0 Å². The van der Waals surface area contributed by atoms with E-state index in [0.717, 1.165) is 57.9 Å². The molecule has 0 spiro atoms. The summed E-state index contributed by atoms with van der Waals surface area (Å²) in [5, 5.41) is 8.48. The Bertz CT molecular complexity index is 704. The number of carbonyl (C=O) groups is 1. The van der Waals surface area contributed by atoms with Crippen molar-refractivity contribution in [1.29, 1.82) is 0 Å². The second-order valence-electron chi connectivity index (χ2n) is 6.59. The molecule has 3 heterocycles. The quantitative estimate of drug-likeness (QED) is 0.858. The molecule has 0 radical (unpaired) electrons. The van der Waals surface area contributed by atoms with Gasteiger partial charge in [0.15, 0.2) is 11.5 Å². The molecule has 6 heteroatoms. The van der Waals surface area contributed by atoms with E-state index in [9.17, 15) is 4.79 Å². The number of hydrogen-bond acceptors (Lipinski definition) is 5. The minimum absolute atomic E-state index is 0.00504. The highest BCUT2D eigenvalue weighted by atomic mass is 16.2. The number of likely N-dealkylation sites (tertiary alicyclic amines) is 1. The minimum atomic E-state index is 0.00504. The number of piperazine rings is 1. The van der Waals surface area contributed by atoms with Gasteiger partial charge in [-0.2, -0.15) is 0 Å². The first-order valence-electron chi connectivity index (χ1n) is 8.99. The Labute approximate surface area is 148 Å². The van der Waals surface area contributed by atoms with Crippen LogP contribution >= 0.6 is 0 Å². The number of aromatic nitrogens is 2. The van der Waals surface area contributed by atoms with Crippen molar-refractivity contribution in [1.82, 2.24) is 15.1 Å². The summed E-state index contributed by atoms with van der Waals surface area (Å²) in [5.41, 5.74) is 1.72. The van der Waals surface area contributed by atoms with Crippen LogP contribution in [0, 0.1) is 0 Å². The van der Waals surface area contributed by atoms with Gasteiger partial charge in [-0.3, -0.25) is 4.79 Å². The molecule has 25 heavy (non-hydrogen) atoms. The summed E-state index contributed by atoms with van der Waals surface area (Å²) >= 11 is 0. The molecule has 0 unspecified atom stereocenters. The number of rotatable bonds is 3. The number of anilines is 2. The van der Waals surface area contributed by atoms with Crippen molar-refractivity contribution in [3.8, 4) is 0 Å². The molecule has 0 bridgehead atoms.